The van der Waals surface area contributed by atoms with E-state index in [9.17, 15) is 16.8 Å². The van der Waals surface area contributed by atoms with Gasteiger partial charge in [0.1, 0.15) is 10.7 Å². The SMILES string of the molecule is CC(C)c1ccc(S(=O)(=O)N2CCN(CC3=NS(=O)(=O)c4ccccc4N3)CC2)cc1. The van der Waals surface area contributed by atoms with Gasteiger partial charge in [-0.1, -0.05) is 38.1 Å². The summed E-state index contributed by atoms with van der Waals surface area (Å²) in [7, 11) is -7.28. The largest absolute Gasteiger partial charge is 0.341 e. The van der Waals surface area contributed by atoms with Crippen molar-refractivity contribution in [3.63, 3.8) is 0 Å². The molecule has 166 valence electrons. The molecule has 0 radical (unpaired) electrons. The molecule has 2 aliphatic heterocycles. The third-order valence-electron chi connectivity index (χ3n) is 5.56. The molecule has 31 heavy (non-hydrogen) atoms. The van der Waals surface area contributed by atoms with Crippen molar-refractivity contribution in [3.05, 3.63) is 54.1 Å². The lowest BCUT2D eigenvalue weighted by molar-refractivity contribution is 0.209. The molecular weight excluding hydrogens is 436 g/mol. The lowest BCUT2D eigenvalue weighted by Crippen LogP contribution is -2.50. The van der Waals surface area contributed by atoms with Gasteiger partial charge in [-0.05, 0) is 35.7 Å². The Balaban J connectivity index is 1.41. The number of fused-ring (bicyclic) bond motifs is 1. The van der Waals surface area contributed by atoms with E-state index >= 15 is 0 Å². The maximum atomic E-state index is 13.0. The molecule has 0 bridgehead atoms. The third-order valence-corrected chi connectivity index (χ3v) is 8.85. The standard InChI is InChI=1S/C21H26N4O4S2/c1-16(2)17-7-9-18(10-8-17)31(28,29)25-13-11-24(12-14-25)15-21-22-19-5-3-4-6-20(19)30(26,27)23-21/h3-10,16H,11-15H2,1-2H3,(H,22,23). The molecule has 0 atom stereocenters. The minimum Gasteiger partial charge on any atom is -0.341 e. The van der Waals surface area contributed by atoms with E-state index < -0.39 is 20.0 Å². The highest BCUT2D eigenvalue weighted by molar-refractivity contribution is 7.90. The summed E-state index contributed by atoms with van der Waals surface area (Å²) < 4.78 is 56.1. The van der Waals surface area contributed by atoms with Crippen LogP contribution in [-0.2, 0) is 20.0 Å². The summed E-state index contributed by atoms with van der Waals surface area (Å²) >= 11 is 0. The molecule has 8 nitrogen and oxygen atoms in total. The number of nitrogens with one attached hydrogen (secondary N) is 1. The molecule has 2 aromatic rings. The molecule has 2 heterocycles. The van der Waals surface area contributed by atoms with Crippen molar-refractivity contribution < 1.29 is 16.8 Å². The van der Waals surface area contributed by atoms with Crippen molar-refractivity contribution in [1.82, 2.24) is 9.21 Å². The van der Waals surface area contributed by atoms with Crippen molar-refractivity contribution in [2.75, 3.05) is 38.0 Å². The summed E-state index contributed by atoms with van der Waals surface area (Å²) in [6, 6.07) is 13.7. The molecule has 0 unspecified atom stereocenters. The van der Waals surface area contributed by atoms with E-state index in [1.54, 1.807) is 30.3 Å². The van der Waals surface area contributed by atoms with Gasteiger partial charge in [0, 0.05) is 26.2 Å². The summed E-state index contributed by atoms with van der Waals surface area (Å²) in [5, 5.41) is 3.08. The van der Waals surface area contributed by atoms with Gasteiger partial charge in [0.05, 0.1) is 17.1 Å². The fraction of sp³-hybridized carbons (Fsp3) is 0.381. The number of hydrogen-bond donors (Lipinski definition) is 1. The van der Waals surface area contributed by atoms with Crippen LogP contribution in [0.2, 0.25) is 0 Å². The monoisotopic (exact) mass is 462 g/mol. The Morgan fingerprint density at radius 3 is 2.29 bits per heavy atom. The predicted octanol–water partition coefficient (Wildman–Crippen LogP) is 2.33. The first kappa shape index (κ1) is 21.9. The fourth-order valence-electron chi connectivity index (χ4n) is 3.75. The number of sulfonamides is 2. The maximum absolute atomic E-state index is 13.0. The first-order chi connectivity index (χ1) is 14.7. The lowest BCUT2D eigenvalue weighted by Gasteiger charge is -2.34. The Labute approximate surface area is 183 Å². The molecule has 1 saturated heterocycles. The van der Waals surface area contributed by atoms with E-state index in [1.165, 1.54) is 10.4 Å². The van der Waals surface area contributed by atoms with Gasteiger partial charge in [-0.3, -0.25) is 4.90 Å². The average molecular weight is 463 g/mol. The van der Waals surface area contributed by atoms with Gasteiger partial charge in [-0.15, -0.1) is 4.40 Å². The van der Waals surface area contributed by atoms with Crippen molar-refractivity contribution >= 4 is 31.6 Å². The van der Waals surface area contributed by atoms with Gasteiger partial charge in [0.2, 0.25) is 10.0 Å². The number of benzene rings is 2. The smallest absolute Gasteiger partial charge is 0.286 e. The van der Waals surface area contributed by atoms with Gasteiger partial charge in [-0.2, -0.15) is 12.7 Å². The molecule has 1 N–H and O–H groups in total. The Morgan fingerprint density at radius 1 is 1.00 bits per heavy atom. The Kier molecular flexibility index (Phi) is 5.91. The van der Waals surface area contributed by atoms with Gasteiger partial charge in [0.15, 0.2) is 0 Å². The van der Waals surface area contributed by atoms with Crippen LogP contribution in [0.25, 0.3) is 0 Å². The van der Waals surface area contributed by atoms with E-state index in [0.717, 1.165) is 5.56 Å². The van der Waals surface area contributed by atoms with Crippen molar-refractivity contribution in [2.24, 2.45) is 4.40 Å². The predicted molar refractivity (Wildman–Crippen MR) is 120 cm³/mol. The first-order valence-corrected chi connectivity index (χ1v) is 13.1. The molecule has 0 saturated carbocycles. The van der Waals surface area contributed by atoms with E-state index in [2.05, 4.69) is 23.6 Å². The van der Waals surface area contributed by atoms with Crippen LogP contribution >= 0.6 is 0 Å². The van der Waals surface area contributed by atoms with Crippen LogP contribution in [0.4, 0.5) is 5.69 Å². The molecular formula is C21H26N4O4S2. The quantitative estimate of drug-likeness (QED) is 0.732. The second-order valence-corrected chi connectivity index (χ2v) is 11.5. The molecule has 0 amide bonds. The maximum Gasteiger partial charge on any atom is 0.286 e. The van der Waals surface area contributed by atoms with Crippen LogP contribution < -0.4 is 5.32 Å². The number of amidine groups is 1. The topological polar surface area (TPSA) is 99.2 Å². The van der Waals surface area contributed by atoms with E-state index in [1.807, 2.05) is 17.0 Å². The number of rotatable bonds is 5. The van der Waals surface area contributed by atoms with Crippen molar-refractivity contribution in [3.8, 4) is 0 Å². The van der Waals surface area contributed by atoms with Crippen LogP contribution in [-0.4, -0.2) is 64.6 Å². The number of para-hydroxylation sites is 1. The average Bonchev–Trinajstić information content (AvgIpc) is 2.74. The Bertz CT molecular complexity index is 1200. The molecule has 10 heteroatoms. The number of hydrogen-bond acceptors (Lipinski definition) is 6. The van der Waals surface area contributed by atoms with Gasteiger partial charge < -0.3 is 5.32 Å². The first-order valence-electron chi connectivity index (χ1n) is 10.2. The number of anilines is 1. The molecule has 4 rings (SSSR count). The zero-order chi connectivity index (χ0) is 22.2. The van der Waals surface area contributed by atoms with Gasteiger partial charge >= 0.3 is 0 Å². The highest BCUT2D eigenvalue weighted by Crippen LogP contribution is 2.27. The van der Waals surface area contributed by atoms with Crippen LogP contribution in [0.1, 0.15) is 25.3 Å². The molecule has 2 aromatic carbocycles. The Hall–Kier alpha value is -2.27. The molecule has 1 fully saturated rings. The second kappa shape index (κ2) is 8.34. The summed E-state index contributed by atoms with van der Waals surface area (Å²) in [4.78, 5) is 2.47. The lowest BCUT2D eigenvalue weighted by atomic mass is 10.0. The number of piperazine rings is 1. The van der Waals surface area contributed by atoms with E-state index in [4.69, 9.17) is 0 Å². The van der Waals surface area contributed by atoms with Crippen molar-refractivity contribution in [2.45, 2.75) is 29.6 Å². The van der Waals surface area contributed by atoms with Gasteiger partial charge in [-0.25, -0.2) is 8.42 Å². The zero-order valence-electron chi connectivity index (χ0n) is 17.5. The van der Waals surface area contributed by atoms with Gasteiger partial charge in [0.25, 0.3) is 10.0 Å². The summed E-state index contributed by atoms with van der Waals surface area (Å²) in [5.41, 5.74) is 1.61. The summed E-state index contributed by atoms with van der Waals surface area (Å²) in [6.45, 7) is 6.10. The fourth-order valence-corrected chi connectivity index (χ4v) is 6.31. The summed E-state index contributed by atoms with van der Waals surface area (Å²) in [5.74, 6) is 0.687. The van der Waals surface area contributed by atoms with E-state index in [0.29, 0.717) is 55.1 Å². The zero-order valence-corrected chi connectivity index (χ0v) is 19.2. The molecule has 0 aromatic heterocycles. The Morgan fingerprint density at radius 2 is 1.65 bits per heavy atom. The minimum atomic E-state index is -3.73. The number of nitrogens with zero attached hydrogens (tertiary/aromatic N) is 3. The molecule has 0 aliphatic carbocycles. The summed E-state index contributed by atoms with van der Waals surface area (Å²) in [6.07, 6.45) is 0. The molecule has 0 spiro atoms. The third kappa shape index (κ3) is 4.52. The highest BCUT2D eigenvalue weighted by Gasteiger charge is 2.30. The van der Waals surface area contributed by atoms with Crippen LogP contribution in [0.5, 0.6) is 0 Å². The highest BCUT2D eigenvalue weighted by atomic mass is 32.2. The van der Waals surface area contributed by atoms with Crippen LogP contribution in [0.3, 0.4) is 0 Å². The van der Waals surface area contributed by atoms with Crippen LogP contribution in [0, 0.1) is 0 Å². The normalized spacial score (nSPS) is 19.5. The van der Waals surface area contributed by atoms with Crippen molar-refractivity contribution in [1.29, 1.82) is 0 Å². The minimum absolute atomic E-state index is 0.165. The van der Waals surface area contributed by atoms with E-state index in [-0.39, 0.29) is 4.90 Å². The molecule has 2 aliphatic rings. The van der Waals surface area contributed by atoms with Crippen LogP contribution in [0.15, 0.2) is 62.7 Å². The second-order valence-electron chi connectivity index (χ2n) is 8.04.